The Hall–Kier alpha value is -1.98. The second-order valence-corrected chi connectivity index (χ2v) is 9.33. The zero-order valence-corrected chi connectivity index (χ0v) is 16.9. The number of aromatic nitrogens is 2. The van der Waals surface area contributed by atoms with Crippen LogP contribution < -0.4 is 0 Å². The highest BCUT2D eigenvalue weighted by Gasteiger charge is 2.61. The van der Waals surface area contributed by atoms with E-state index in [2.05, 4.69) is 18.1 Å². The van der Waals surface area contributed by atoms with Crippen LogP contribution in [0.3, 0.4) is 0 Å². The average molecular weight is 394 g/mol. The fourth-order valence-corrected chi connectivity index (χ4v) is 6.03. The molecule has 1 saturated heterocycles. The summed E-state index contributed by atoms with van der Waals surface area (Å²) in [5, 5.41) is 4.64. The predicted molar refractivity (Wildman–Crippen MR) is 108 cm³/mol. The molecule has 152 valence electrons. The molecule has 0 unspecified atom stereocenters. The second kappa shape index (κ2) is 6.26. The van der Waals surface area contributed by atoms with Crippen LogP contribution in [-0.4, -0.2) is 27.8 Å². The van der Waals surface area contributed by atoms with Crippen LogP contribution in [0.1, 0.15) is 63.1 Å². The van der Waals surface area contributed by atoms with Gasteiger partial charge in [0.2, 0.25) is 0 Å². The largest absolute Gasteiger partial charge is 0.343 e. The van der Waals surface area contributed by atoms with E-state index in [9.17, 15) is 4.39 Å². The molecule has 6 rings (SSSR count). The molecule has 1 aromatic carbocycles. The maximum atomic E-state index is 13.4. The fraction of sp³-hybridized carbons (Fsp3) is 0.542. The van der Waals surface area contributed by atoms with Gasteiger partial charge in [-0.15, -0.1) is 0 Å². The van der Waals surface area contributed by atoms with Crippen molar-refractivity contribution in [3.63, 3.8) is 0 Å². The van der Waals surface area contributed by atoms with Crippen molar-refractivity contribution in [1.82, 2.24) is 9.78 Å². The van der Waals surface area contributed by atoms with Crippen LogP contribution in [0, 0.1) is 11.2 Å². The van der Waals surface area contributed by atoms with Gasteiger partial charge in [0.15, 0.2) is 5.79 Å². The van der Waals surface area contributed by atoms with E-state index >= 15 is 0 Å². The second-order valence-electron chi connectivity index (χ2n) is 9.33. The highest BCUT2D eigenvalue weighted by Crippen LogP contribution is 2.59. The minimum atomic E-state index is -0.508. The molecule has 1 aliphatic heterocycles. The summed E-state index contributed by atoms with van der Waals surface area (Å²) >= 11 is 0. The minimum absolute atomic E-state index is 0.160. The lowest BCUT2D eigenvalue weighted by atomic mass is 9.62. The van der Waals surface area contributed by atoms with Gasteiger partial charge in [-0.05, 0) is 68.0 Å². The number of nitrogens with zero attached hydrogens (tertiary/aromatic N) is 2. The van der Waals surface area contributed by atoms with Gasteiger partial charge in [-0.1, -0.05) is 25.3 Å². The van der Waals surface area contributed by atoms with Gasteiger partial charge in [0.25, 0.3) is 0 Å². The molecule has 0 N–H and O–H groups in total. The van der Waals surface area contributed by atoms with Gasteiger partial charge < -0.3 is 9.47 Å². The molecular weight excluding hydrogens is 367 g/mol. The Morgan fingerprint density at radius 3 is 2.52 bits per heavy atom. The van der Waals surface area contributed by atoms with E-state index in [0.29, 0.717) is 0 Å². The molecule has 29 heavy (non-hydrogen) atoms. The van der Waals surface area contributed by atoms with Crippen molar-refractivity contribution in [2.45, 2.75) is 76.3 Å². The van der Waals surface area contributed by atoms with E-state index < -0.39 is 5.79 Å². The van der Waals surface area contributed by atoms with Crippen molar-refractivity contribution in [1.29, 1.82) is 0 Å². The molecule has 3 aliphatic carbocycles. The normalized spacial score (nSPS) is 32.4. The lowest BCUT2D eigenvalue weighted by molar-refractivity contribution is -0.247. The summed E-state index contributed by atoms with van der Waals surface area (Å²) in [6, 6.07) is 6.54. The number of hydrogen-bond acceptors (Lipinski definition) is 3. The highest BCUT2D eigenvalue weighted by molar-refractivity contribution is 5.62. The Morgan fingerprint density at radius 2 is 1.79 bits per heavy atom. The van der Waals surface area contributed by atoms with E-state index in [1.165, 1.54) is 36.1 Å². The molecule has 2 aromatic rings. The Labute approximate surface area is 170 Å². The number of rotatable bonds is 1. The molecule has 0 amide bonds. The van der Waals surface area contributed by atoms with Crippen LogP contribution in [0.4, 0.5) is 4.39 Å². The fourth-order valence-electron chi connectivity index (χ4n) is 6.03. The predicted octanol–water partition coefficient (Wildman–Crippen LogP) is 5.20. The Bertz CT molecular complexity index is 965. The zero-order valence-electron chi connectivity index (χ0n) is 16.9. The average Bonchev–Trinajstić information content (AvgIpc) is 3.29. The maximum Gasteiger partial charge on any atom is 0.178 e. The van der Waals surface area contributed by atoms with Gasteiger partial charge in [-0.3, -0.25) is 0 Å². The lowest BCUT2D eigenvalue weighted by Gasteiger charge is -2.51. The van der Waals surface area contributed by atoms with Gasteiger partial charge in [0.1, 0.15) is 5.82 Å². The van der Waals surface area contributed by atoms with E-state index in [1.54, 1.807) is 12.1 Å². The quantitative estimate of drug-likeness (QED) is 0.667. The summed E-state index contributed by atoms with van der Waals surface area (Å²) in [4.78, 5) is 0. The van der Waals surface area contributed by atoms with Crippen molar-refractivity contribution in [2.24, 2.45) is 5.41 Å². The number of benzene rings is 1. The molecule has 4 aliphatic rings. The molecule has 3 fully saturated rings. The van der Waals surface area contributed by atoms with Crippen LogP contribution in [0.2, 0.25) is 0 Å². The van der Waals surface area contributed by atoms with Gasteiger partial charge in [0, 0.05) is 11.8 Å². The van der Waals surface area contributed by atoms with Crippen LogP contribution >= 0.6 is 0 Å². The van der Waals surface area contributed by atoms with Crippen LogP contribution in [0.25, 0.3) is 11.8 Å². The van der Waals surface area contributed by atoms with Gasteiger partial charge in [0.05, 0.1) is 29.8 Å². The summed E-state index contributed by atoms with van der Waals surface area (Å²) in [7, 11) is 0. The molecular formula is C24H27FN2O2. The van der Waals surface area contributed by atoms with E-state index in [-0.39, 0.29) is 23.4 Å². The van der Waals surface area contributed by atoms with Gasteiger partial charge in [-0.25, -0.2) is 9.07 Å². The van der Waals surface area contributed by atoms with Crippen LogP contribution in [0.5, 0.6) is 0 Å². The third-order valence-corrected chi connectivity index (χ3v) is 7.64. The topological polar surface area (TPSA) is 36.3 Å². The first-order valence-electron chi connectivity index (χ1n) is 11.0. The first kappa shape index (κ1) is 17.8. The van der Waals surface area contributed by atoms with Gasteiger partial charge in [-0.2, -0.15) is 5.10 Å². The number of hydrogen-bond donors (Lipinski definition) is 0. The SMILES string of the molecule is C[C@]12Cc3cnn(-c4ccc(F)cc4)c3C=C1CCCC21O[C@@H]2CCCC[C@H]2O1. The van der Waals surface area contributed by atoms with E-state index in [4.69, 9.17) is 9.47 Å². The van der Waals surface area contributed by atoms with E-state index in [1.807, 2.05) is 10.9 Å². The highest BCUT2D eigenvalue weighted by atomic mass is 19.1. The number of ether oxygens (including phenoxy) is 2. The molecule has 0 radical (unpaired) electrons. The summed E-state index contributed by atoms with van der Waals surface area (Å²) < 4.78 is 28.8. The van der Waals surface area contributed by atoms with Crippen molar-refractivity contribution >= 4 is 6.08 Å². The standard InChI is InChI=1S/C24H27FN2O2/c1-23-14-16-15-26-27(19-10-8-18(25)9-11-19)20(16)13-17(23)5-4-12-24(23)28-21-6-2-3-7-22(21)29-24/h8-11,13,15,21-22H,2-7,12,14H2,1H3/t21-,22-,23+/m1/s1. The Kier molecular flexibility index (Phi) is 3.85. The number of fused-ring (bicyclic) bond motifs is 4. The van der Waals surface area contributed by atoms with Gasteiger partial charge >= 0.3 is 0 Å². The van der Waals surface area contributed by atoms with Crippen molar-refractivity contribution in [2.75, 3.05) is 0 Å². The maximum absolute atomic E-state index is 13.4. The first-order valence-corrected chi connectivity index (χ1v) is 11.0. The first-order chi connectivity index (χ1) is 14.1. The summed E-state index contributed by atoms with van der Waals surface area (Å²) in [6.45, 7) is 2.33. The van der Waals surface area contributed by atoms with Crippen molar-refractivity contribution in [3.05, 3.63) is 53.1 Å². The monoisotopic (exact) mass is 394 g/mol. The van der Waals surface area contributed by atoms with E-state index in [0.717, 1.165) is 49.9 Å². The molecule has 4 nitrogen and oxygen atoms in total. The molecule has 1 spiro atoms. The van der Waals surface area contributed by atoms with Crippen LogP contribution in [-0.2, 0) is 15.9 Å². The summed E-state index contributed by atoms with van der Waals surface area (Å²) in [6.07, 6.45) is 13.5. The molecule has 0 bridgehead atoms. The lowest BCUT2D eigenvalue weighted by Crippen LogP contribution is -2.53. The third kappa shape index (κ3) is 2.53. The molecule has 3 atom stereocenters. The Morgan fingerprint density at radius 1 is 1.07 bits per heavy atom. The number of halogens is 1. The summed E-state index contributed by atoms with van der Waals surface area (Å²) in [5.74, 6) is -0.737. The Balaban J connectivity index is 1.40. The third-order valence-electron chi connectivity index (χ3n) is 7.64. The molecule has 2 heterocycles. The molecule has 5 heteroatoms. The van der Waals surface area contributed by atoms with Crippen molar-refractivity contribution in [3.8, 4) is 5.69 Å². The minimum Gasteiger partial charge on any atom is -0.343 e. The van der Waals surface area contributed by atoms with Crippen molar-refractivity contribution < 1.29 is 13.9 Å². The molecule has 2 saturated carbocycles. The van der Waals surface area contributed by atoms with Crippen LogP contribution in [0.15, 0.2) is 36.0 Å². The summed E-state index contributed by atoms with van der Waals surface area (Å²) in [5.41, 5.74) is 4.45. The smallest absolute Gasteiger partial charge is 0.178 e. The molecule has 1 aromatic heterocycles. The zero-order chi connectivity index (χ0) is 19.6.